The summed E-state index contributed by atoms with van der Waals surface area (Å²) in [4.78, 5) is 14.5. The topological polar surface area (TPSA) is 50.8 Å². The molecule has 6 heteroatoms. The molecule has 3 saturated heterocycles. The average molecular weight is 305 g/mol. The summed E-state index contributed by atoms with van der Waals surface area (Å²) in [7, 11) is 1.71. The molecule has 0 aromatic carbocycles. The van der Waals surface area contributed by atoms with E-state index in [0.717, 1.165) is 45.5 Å². The van der Waals surface area contributed by atoms with Gasteiger partial charge in [-0.3, -0.25) is 4.79 Å². The lowest BCUT2D eigenvalue weighted by Gasteiger charge is -2.41. The Labute approximate surface area is 126 Å². The smallest absolute Gasteiger partial charge is 0.239 e. The number of hydrogen-bond acceptors (Lipinski definition) is 4. The zero-order valence-electron chi connectivity index (χ0n) is 12.0. The number of rotatable bonds is 2. The third-order valence-electron chi connectivity index (χ3n) is 4.75. The van der Waals surface area contributed by atoms with Crippen LogP contribution in [-0.2, 0) is 14.3 Å². The van der Waals surface area contributed by atoms with Crippen LogP contribution in [0.5, 0.6) is 0 Å². The van der Waals surface area contributed by atoms with E-state index < -0.39 is 0 Å². The van der Waals surface area contributed by atoms with E-state index in [2.05, 4.69) is 5.32 Å². The van der Waals surface area contributed by atoms with E-state index in [0.29, 0.717) is 12.0 Å². The fourth-order valence-electron chi connectivity index (χ4n) is 3.58. The summed E-state index contributed by atoms with van der Waals surface area (Å²) in [6.07, 6.45) is 4.71. The van der Waals surface area contributed by atoms with Crippen molar-refractivity contribution in [2.24, 2.45) is 5.92 Å². The predicted octanol–water partition coefficient (Wildman–Crippen LogP) is 0.813. The van der Waals surface area contributed by atoms with Crippen LogP contribution < -0.4 is 5.32 Å². The first-order valence-corrected chi connectivity index (χ1v) is 7.44. The monoisotopic (exact) mass is 304 g/mol. The van der Waals surface area contributed by atoms with E-state index in [1.54, 1.807) is 7.11 Å². The van der Waals surface area contributed by atoms with Crippen molar-refractivity contribution in [3.63, 3.8) is 0 Å². The van der Waals surface area contributed by atoms with Crippen molar-refractivity contribution < 1.29 is 14.3 Å². The first-order chi connectivity index (χ1) is 9.28. The van der Waals surface area contributed by atoms with Crippen molar-refractivity contribution in [1.82, 2.24) is 10.2 Å². The lowest BCUT2D eigenvalue weighted by Crippen LogP contribution is -2.52. The summed E-state index contributed by atoms with van der Waals surface area (Å²) in [6, 6.07) is -0.0500. The quantitative estimate of drug-likeness (QED) is 0.820. The first kappa shape index (κ1) is 16.0. The Hall–Kier alpha value is -0.360. The molecule has 0 aromatic heterocycles. The molecule has 20 heavy (non-hydrogen) atoms. The molecule has 0 saturated carbocycles. The number of likely N-dealkylation sites (tertiary alicyclic amines) is 1. The van der Waals surface area contributed by atoms with Crippen LogP contribution >= 0.6 is 12.4 Å². The van der Waals surface area contributed by atoms with Crippen molar-refractivity contribution in [3.8, 4) is 0 Å². The number of carbonyl (C=O) groups is 1. The number of halogens is 1. The number of ether oxygens (including phenoxy) is 2. The van der Waals surface area contributed by atoms with Gasteiger partial charge in [0.05, 0.1) is 18.2 Å². The highest BCUT2D eigenvalue weighted by Crippen LogP contribution is 2.29. The number of nitrogens with one attached hydrogen (secondary N) is 1. The van der Waals surface area contributed by atoms with Gasteiger partial charge in [0.25, 0.3) is 0 Å². The third-order valence-corrected chi connectivity index (χ3v) is 4.75. The van der Waals surface area contributed by atoms with Gasteiger partial charge in [-0.2, -0.15) is 0 Å². The molecule has 5 nitrogen and oxygen atoms in total. The molecular weight excluding hydrogens is 280 g/mol. The molecule has 1 amide bonds. The molecule has 3 rings (SSSR count). The molecular formula is C14H25ClN2O3. The second-order valence-corrected chi connectivity index (χ2v) is 5.94. The molecule has 0 radical (unpaired) electrons. The Bertz CT molecular complexity index is 342. The Morgan fingerprint density at radius 2 is 2.25 bits per heavy atom. The molecule has 1 N–H and O–H groups in total. The molecule has 2 unspecified atom stereocenters. The van der Waals surface area contributed by atoms with Gasteiger partial charge < -0.3 is 19.7 Å². The zero-order chi connectivity index (χ0) is 13.2. The molecule has 0 aromatic rings. The fourth-order valence-corrected chi connectivity index (χ4v) is 3.58. The van der Waals surface area contributed by atoms with Crippen molar-refractivity contribution in [2.45, 2.75) is 43.9 Å². The van der Waals surface area contributed by atoms with Gasteiger partial charge in [-0.25, -0.2) is 0 Å². The lowest BCUT2D eigenvalue weighted by atomic mass is 9.88. The number of methoxy groups -OCH3 is 1. The molecule has 4 atom stereocenters. The summed E-state index contributed by atoms with van der Waals surface area (Å²) in [6.45, 7) is 3.40. The van der Waals surface area contributed by atoms with Crippen LogP contribution in [0, 0.1) is 5.92 Å². The standard InChI is InChI=1S/C14H24N2O3.ClH/c1-18-11-7-12(15-8-11)14(17)16-5-4-13-10(9-16)3-2-6-19-13;/h10-13,15H,2-9H2,1H3;1H/t10?,11-,12+,13?;/m0./s1. The van der Waals surface area contributed by atoms with Gasteiger partial charge >= 0.3 is 0 Å². The lowest BCUT2D eigenvalue weighted by molar-refractivity contribution is -0.140. The molecule has 3 fully saturated rings. The fraction of sp³-hybridized carbons (Fsp3) is 0.929. The minimum Gasteiger partial charge on any atom is -0.380 e. The molecule has 116 valence electrons. The summed E-state index contributed by atoms with van der Waals surface area (Å²) < 4.78 is 11.1. The molecule has 3 aliphatic heterocycles. The van der Waals surface area contributed by atoms with E-state index in [1.165, 1.54) is 6.42 Å². The van der Waals surface area contributed by atoms with Crippen LogP contribution in [-0.4, -0.2) is 62.4 Å². The third kappa shape index (κ3) is 3.27. The van der Waals surface area contributed by atoms with Gasteiger partial charge in [0.1, 0.15) is 0 Å². The van der Waals surface area contributed by atoms with Crippen LogP contribution in [0.15, 0.2) is 0 Å². The van der Waals surface area contributed by atoms with Gasteiger partial charge in [0, 0.05) is 39.3 Å². The largest absolute Gasteiger partial charge is 0.380 e. The summed E-state index contributed by atoms with van der Waals surface area (Å²) in [5.74, 6) is 0.801. The van der Waals surface area contributed by atoms with Gasteiger partial charge in [0.15, 0.2) is 0 Å². The highest BCUT2D eigenvalue weighted by atomic mass is 35.5. The van der Waals surface area contributed by atoms with Gasteiger partial charge in [-0.15, -0.1) is 12.4 Å². The van der Waals surface area contributed by atoms with Crippen LogP contribution in [0.25, 0.3) is 0 Å². The average Bonchev–Trinajstić information content (AvgIpc) is 2.95. The van der Waals surface area contributed by atoms with Crippen molar-refractivity contribution in [3.05, 3.63) is 0 Å². The minimum atomic E-state index is -0.0500. The zero-order valence-corrected chi connectivity index (χ0v) is 12.9. The SMILES string of the molecule is CO[C@@H]1CN[C@@H](C(=O)N2CCC3OCCCC3C2)C1.Cl. The molecule has 0 spiro atoms. The van der Waals surface area contributed by atoms with Crippen molar-refractivity contribution in [2.75, 3.05) is 33.4 Å². The van der Waals surface area contributed by atoms with Gasteiger partial charge in [-0.1, -0.05) is 0 Å². The maximum atomic E-state index is 12.5. The van der Waals surface area contributed by atoms with Crippen LogP contribution in [0.3, 0.4) is 0 Å². The summed E-state index contributed by atoms with van der Waals surface area (Å²) in [5, 5.41) is 3.28. The number of carbonyl (C=O) groups excluding carboxylic acids is 1. The number of fused-ring (bicyclic) bond motifs is 1. The summed E-state index contributed by atoms with van der Waals surface area (Å²) >= 11 is 0. The Kier molecular flexibility index (Phi) is 5.66. The molecule has 3 aliphatic rings. The van der Waals surface area contributed by atoms with Crippen molar-refractivity contribution >= 4 is 18.3 Å². The normalized spacial score (nSPS) is 37.1. The van der Waals surface area contributed by atoms with E-state index in [9.17, 15) is 4.79 Å². The Morgan fingerprint density at radius 1 is 1.40 bits per heavy atom. The Balaban J connectivity index is 0.00000147. The first-order valence-electron chi connectivity index (χ1n) is 7.44. The second-order valence-electron chi connectivity index (χ2n) is 5.94. The maximum Gasteiger partial charge on any atom is 0.239 e. The molecule has 0 bridgehead atoms. The highest BCUT2D eigenvalue weighted by Gasteiger charge is 2.38. The highest BCUT2D eigenvalue weighted by molar-refractivity contribution is 5.85. The van der Waals surface area contributed by atoms with E-state index >= 15 is 0 Å². The van der Waals surface area contributed by atoms with Gasteiger partial charge in [0.2, 0.25) is 5.91 Å². The second kappa shape index (κ2) is 7.07. The van der Waals surface area contributed by atoms with E-state index in [-0.39, 0.29) is 30.5 Å². The number of amides is 1. The van der Waals surface area contributed by atoms with Crippen LogP contribution in [0.2, 0.25) is 0 Å². The van der Waals surface area contributed by atoms with Crippen molar-refractivity contribution in [1.29, 1.82) is 0 Å². The number of nitrogens with zero attached hydrogens (tertiary/aromatic N) is 1. The van der Waals surface area contributed by atoms with E-state index in [4.69, 9.17) is 9.47 Å². The summed E-state index contributed by atoms with van der Waals surface area (Å²) in [5.41, 5.74) is 0. The number of piperidine rings is 1. The number of hydrogen-bond donors (Lipinski definition) is 1. The van der Waals surface area contributed by atoms with Crippen LogP contribution in [0.4, 0.5) is 0 Å². The van der Waals surface area contributed by atoms with Crippen LogP contribution in [0.1, 0.15) is 25.7 Å². The van der Waals surface area contributed by atoms with E-state index in [1.807, 2.05) is 4.90 Å². The van der Waals surface area contributed by atoms with Gasteiger partial charge in [-0.05, 0) is 25.7 Å². The molecule has 3 heterocycles. The predicted molar refractivity (Wildman–Crippen MR) is 78.1 cm³/mol. The Morgan fingerprint density at radius 3 is 3.00 bits per heavy atom. The maximum absolute atomic E-state index is 12.5. The molecule has 0 aliphatic carbocycles. The minimum absolute atomic E-state index is 0.